The van der Waals surface area contributed by atoms with Gasteiger partial charge in [-0.15, -0.1) is 0 Å². The number of rotatable bonds is 3. The van der Waals surface area contributed by atoms with Gasteiger partial charge >= 0.3 is 0 Å². The number of nitrogens with one attached hydrogen (secondary N) is 1. The smallest absolute Gasteiger partial charge is 0.198 e. The van der Waals surface area contributed by atoms with Crippen molar-refractivity contribution < 1.29 is 4.42 Å². The van der Waals surface area contributed by atoms with Crippen molar-refractivity contribution >= 4 is 16.7 Å². The molecular weight excluding hydrogens is 262 g/mol. The van der Waals surface area contributed by atoms with Gasteiger partial charge < -0.3 is 9.73 Å². The van der Waals surface area contributed by atoms with Crippen molar-refractivity contribution in [2.75, 3.05) is 5.32 Å². The molecule has 0 saturated heterocycles. The lowest BCUT2D eigenvalue weighted by Gasteiger charge is -2.15. The zero-order chi connectivity index (χ0) is 14.1. The number of fused-ring (bicyclic) bond motifs is 1. The molecule has 1 N–H and O–H groups in total. The molecule has 106 valence electrons. The monoisotopic (exact) mass is 279 g/mol. The highest BCUT2D eigenvalue weighted by atomic mass is 16.3. The lowest BCUT2D eigenvalue weighted by atomic mass is 10.2. The van der Waals surface area contributed by atoms with Crippen LogP contribution in [-0.2, 0) is 0 Å². The van der Waals surface area contributed by atoms with Crippen LogP contribution in [0, 0.1) is 0 Å². The lowest BCUT2D eigenvalue weighted by molar-refractivity contribution is 0.577. The largest absolute Gasteiger partial charge is 0.461 e. The number of para-hydroxylation sites is 1. The fraction of sp³-hybridized carbons (Fsp3) is 0.294. The molecule has 3 aromatic rings. The first-order valence-electron chi connectivity index (χ1n) is 7.47. The highest BCUT2D eigenvalue weighted by Gasteiger charge is 2.18. The van der Waals surface area contributed by atoms with E-state index in [0.717, 1.165) is 16.7 Å². The molecule has 0 amide bonds. The number of hydrogen-bond donors (Lipinski definition) is 1. The van der Waals surface area contributed by atoms with Gasteiger partial charge in [0.25, 0.3) is 0 Å². The van der Waals surface area contributed by atoms with Crippen LogP contribution in [0.3, 0.4) is 0 Å². The van der Waals surface area contributed by atoms with Gasteiger partial charge in [0.15, 0.2) is 11.6 Å². The average molecular weight is 279 g/mol. The predicted molar refractivity (Wildman–Crippen MR) is 83.1 cm³/mol. The van der Waals surface area contributed by atoms with E-state index >= 15 is 0 Å². The van der Waals surface area contributed by atoms with E-state index in [1.54, 1.807) is 6.26 Å². The summed E-state index contributed by atoms with van der Waals surface area (Å²) in [5, 5.41) is 4.66. The third-order valence-corrected chi connectivity index (χ3v) is 4.04. The minimum absolute atomic E-state index is 0.521. The summed E-state index contributed by atoms with van der Waals surface area (Å²) in [5.41, 5.74) is 0.944. The first kappa shape index (κ1) is 12.4. The van der Waals surface area contributed by atoms with Crippen LogP contribution < -0.4 is 5.32 Å². The Bertz CT molecular complexity index is 746. The Morgan fingerprint density at radius 3 is 2.67 bits per heavy atom. The fourth-order valence-corrected chi connectivity index (χ4v) is 2.97. The highest BCUT2D eigenvalue weighted by molar-refractivity contribution is 5.90. The van der Waals surface area contributed by atoms with E-state index < -0.39 is 0 Å². The second-order valence-corrected chi connectivity index (χ2v) is 5.52. The number of anilines is 1. The van der Waals surface area contributed by atoms with Crippen LogP contribution in [0.5, 0.6) is 0 Å². The summed E-state index contributed by atoms with van der Waals surface area (Å²) in [5.74, 6) is 2.26. The predicted octanol–water partition coefficient (Wildman–Crippen LogP) is 4.24. The molecule has 1 aliphatic rings. The molecule has 21 heavy (non-hydrogen) atoms. The molecule has 4 heteroatoms. The van der Waals surface area contributed by atoms with Crippen LogP contribution in [-0.4, -0.2) is 16.0 Å². The van der Waals surface area contributed by atoms with Gasteiger partial charge in [0.2, 0.25) is 0 Å². The molecule has 1 saturated carbocycles. The minimum atomic E-state index is 0.521. The van der Waals surface area contributed by atoms with Crippen LogP contribution in [0.2, 0.25) is 0 Å². The first-order valence-corrected chi connectivity index (χ1v) is 7.47. The topological polar surface area (TPSA) is 51.0 Å². The van der Waals surface area contributed by atoms with Crippen LogP contribution in [0.4, 0.5) is 5.82 Å². The van der Waals surface area contributed by atoms with Crippen molar-refractivity contribution in [2.45, 2.75) is 31.7 Å². The van der Waals surface area contributed by atoms with Crippen LogP contribution in [0.25, 0.3) is 22.5 Å². The molecule has 0 atom stereocenters. The fourth-order valence-electron chi connectivity index (χ4n) is 2.97. The molecule has 2 aromatic heterocycles. The maximum Gasteiger partial charge on any atom is 0.198 e. The Balaban J connectivity index is 1.82. The molecule has 4 rings (SSSR count). The SMILES string of the molecule is c1coc(-c2nc(NC3CCCC3)c3ccccc3n2)c1. The second-order valence-electron chi connectivity index (χ2n) is 5.52. The van der Waals surface area contributed by atoms with Crippen LogP contribution in [0.15, 0.2) is 47.1 Å². The summed E-state index contributed by atoms with van der Waals surface area (Å²) in [6.07, 6.45) is 6.68. The van der Waals surface area contributed by atoms with E-state index in [0.29, 0.717) is 17.6 Å². The average Bonchev–Trinajstić information content (AvgIpc) is 3.20. The Morgan fingerprint density at radius 2 is 1.86 bits per heavy atom. The van der Waals surface area contributed by atoms with Crippen molar-refractivity contribution in [1.82, 2.24) is 9.97 Å². The van der Waals surface area contributed by atoms with Gasteiger partial charge in [0.1, 0.15) is 5.82 Å². The van der Waals surface area contributed by atoms with E-state index in [2.05, 4.69) is 16.4 Å². The Hall–Kier alpha value is -2.36. The highest BCUT2D eigenvalue weighted by Crippen LogP contribution is 2.28. The summed E-state index contributed by atoms with van der Waals surface area (Å²) >= 11 is 0. The number of furan rings is 1. The van der Waals surface area contributed by atoms with E-state index in [-0.39, 0.29) is 0 Å². The third kappa shape index (κ3) is 2.37. The number of nitrogens with zero attached hydrogens (tertiary/aromatic N) is 2. The van der Waals surface area contributed by atoms with Crippen molar-refractivity contribution in [3.63, 3.8) is 0 Å². The lowest BCUT2D eigenvalue weighted by Crippen LogP contribution is -2.16. The molecule has 0 bridgehead atoms. The van der Waals surface area contributed by atoms with Crippen molar-refractivity contribution in [2.24, 2.45) is 0 Å². The van der Waals surface area contributed by atoms with E-state index in [1.165, 1.54) is 25.7 Å². The number of hydrogen-bond acceptors (Lipinski definition) is 4. The zero-order valence-corrected chi connectivity index (χ0v) is 11.7. The number of benzene rings is 1. The molecular formula is C17H17N3O. The van der Waals surface area contributed by atoms with E-state index in [1.807, 2.05) is 30.3 Å². The summed E-state index contributed by atoms with van der Waals surface area (Å²) < 4.78 is 5.44. The van der Waals surface area contributed by atoms with Gasteiger partial charge in [-0.3, -0.25) is 0 Å². The maximum absolute atomic E-state index is 5.44. The third-order valence-electron chi connectivity index (χ3n) is 4.04. The Labute approximate surface area is 123 Å². The van der Waals surface area contributed by atoms with Crippen molar-refractivity contribution in [1.29, 1.82) is 0 Å². The zero-order valence-electron chi connectivity index (χ0n) is 11.7. The van der Waals surface area contributed by atoms with Gasteiger partial charge in [0, 0.05) is 11.4 Å². The first-order chi connectivity index (χ1) is 10.4. The summed E-state index contributed by atoms with van der Waals surface area (Å²) in [6, 6.07) is 12.4. The summed E-state index contributed by atoms with van der Waals surface area (Å²) in [7, 11) is 0. The normalized spacial score (nSPS) is 15.6. The van der Waals surface area contributed by atoms with Crippen LogP contribution in [0.1, 0.15) is 25.7 Å². The van der Waals surface area contributed by atoms with Crippen molar-refractivity contribution in [3.8, 4) is 11.6 Å². The molecule has 0 unspecified atom stereocenters. The van der Waals surface area contributed by atoms with Gasteiger partial charge in [-0.1, -0.05) is 25.0 Å². The molecule has 0 radical (unpaired) electrons. The standard InChI is InChI=1S/C17H17N3O/c1-2-7-12(6-1)18-16-13-8-3-4-9-14(13)19-17(20-16)15-10-5-11-21-15/h3-5,8-12H,1-2,6-7H2,(H,18,19,20). The molecule has 0 aliphatic heterocycles. The molecule has 0 spiro atoms. The van der Waals surface area contributed by atoms with Gasteiger partial charge in [-0.25, -0.2) is 9.97 Å². The number of aromatic nitrogens is 2. The molecule has 1 aliphatic carbocycles. The van der Waals surface area contributed by atoms with Crippen LogP contribution >= 0.6 is 0 Å². The minimum Gasteiger partial charge on any atom is -0.461 e. The molecule has 4 nitrogen and oxygen atoms in total. The molecule has 1 fully saturated rings. The summed E-state index contributed by atoms with van der Waals surface area (Å²) in [6.45, 7) is 0. The quantitative estimate of drug-likeness (QED) is 0.779. The Kier molecular flexibility index (Phi) is 3.07. The summed E-state index contributed by atoms with van der Waals surface area (Å²) in [4.78, 5) is 9.30. The second kappa shape index (κ2) is 5.20. The Morgan fingerprint density at radius 1 is 1.00 bits per heavy atom. The van der Waals surface area contributed by atoms with E-state index in [4.69, 9.17) is 9.40 Å². The van der Waals surface area contributed by atoms with Gasteiger partial charge in [-0.05, 0) is 37.1 Å². The van der Waals surface area contributed by atoms with Crippen molar-refractivity contribution in [3.05, 3.63) is 42.7 Å². The van der Waals surface area contributed by atoms with E-state index in [9.17, 15) is 0 Å². The molecule has 1 aromatic carbocycles. The molecule has 2 heterocycles. The van der Waals surface area contributed by atoms with Gasteiger partial charge in [-0.2, -0.15) is 0 Å². The maximum atomic E-state index is 5.44. The van der Waals surface area contributed by atoms with Gasteiger partial charge in [0.05, 0.1) is 11.8 Å².